The first-order valence-electron chi connectivity index (χ1n) is 9.72. The van der Waals surface area contributed by atoms with Gasteiger partial charge < -0.3 is 15.2 Å². The van der Waals surface area contributed by atoms with Crippen molar-refractivity contribution >= 4 is 33.4 Å². The number of H-pyrrole nitrogens is 1. The average Bonchev–Trinajstić information content (AvgIpc) is 3.16. The van der Waals surface area contributed by atoms with Crippen LogP contribution in [0.3, 0.4) is 0 Å². The summed E-state index contributed by atoms with van der Waals surface area (Å²) in [6, 6.07) is 23.2. The Balaban J connectivity index is 1.58. The van der Waals surface area contributed by atoms with E-state index in [4.69, 9.17) is 0 Å². The molecule has 5 rings (SSSR count). The van der Waals surface area contributed by atoms with Crippen LogP contribution in [0.5, 0.6) is 11.5 Å². The maximum Gasteiger partial charge on any atom is 0.193 e. The van der Waals surface area contributed by atoms with Gasteiger partial charge in [0.15, 0.2) is 11.6 Å². The molecular formula is C26H17NO4. The minimum Gasteiger partial charge on any atom is -0.508 e. The highest BCUT2D eigenvalue weighted by molar-refractivity contribution is 6.16. The molecule has 0 fully saturated rings. The molecule has 5 aromatic rings. The molecule has 0 unspecified atom stereocenters. The smallest absolute Gasteiger partial charge is 0.193 e. The van der Waals surface area contributed by atoms with E-state index in [0.717, 1.165) is 21.8 Å². The van der Waals surface area contributed by atoms with Gasteiger partial charge in [-0.05, 0) is 84.9 Å². The van der Waals surface area contributed by atoms with Gasteiger partial charge in [0.25, 0.3) is 0 Å². The summed E-state index contributed by atoms with van der Waals surface area (Å²) in [5, 5.41) is 20.6. The Morgan fingerprint density at radius 1 is 0.516 bits per heavy atom. The van der Waals surface area contributed by atoms with Crippen LogP contribution in [0.15, 0.2) is 84.9 Å². The van der Waals surface area contributed by atoms with E-state index in [0.29, 0.717) is 22.3 Å². The predicted octanol–water partition coefficient (Wildman–Crippen LogP) is 5.19. The molecule has 5 heteroatoms. The molecule has 0 aliphatic rings. The van der Waals surface area contributed by atoms with Crippen LogP contribution in [0, 0.1) is 0 Å². The lowest BCUT2D eigenvalue weighted by molar-refractivity contribution is 0.103. The maximum absolute atomic E-state index is 12.9. The Bertz CT molecular complexity index is 1350. The second-order valence-corrected chi connectivity index (χ2v) is 7.40. The summed E-state index contributed by atoms with van der Waals surface area (Å²) in [7, 11) is 0. The lowest BCUT2D eigenvalue weighted by Gasteiger charge is -2.04. The molecule has 0 saturated heterocycles. The molecular weight excluding hydrogens is 390 g/mol. The van der Waals surface area contributed by atoms with Crippen LogP contribution >= 0.6 is 0 Å². The summed E-state index contributed by atoms with van der Waals surface area (Å²) in [6.07, 6.45) is 0. The first-order valence-corrected chi connectivity index (χ1v) is 9.72. The number of phenols is 2. The molecule has 0 atom stereocenters. The van der Waals surface area contributed by atoms with Crippen molar-refractivity contribution in [2.45, 2.75) is 0 Å². The second kappa shape index (κ2) is 7.15. The number of rotatable bonds is 4. The Morgan fingerprint density at radius 3 is 1.26 bits per heavy atom. The van der Waals surface area contributed by atoms with Crippen molar-refractivity contribution in [3.05, 3.63) is 107 Å². The minimum absolute atomic E-state index is 0.106. The van der Waals surface area contributed by atoms with Crippen molar-refractivity contribution in [1.29, 1.82) is 0 Å². The summed E-state index contributed by atoms with van der Waals surface area (Å²) in [5.74, 6) is -0.0796. The molecule has 0 saturated carbocycles. The van der Waals surface area contributed by atoms with Crippen molar-refractivity contribution in [3.8, 4) is 11.5 Å². The molecule has 1 aromatic heterocycles. The third-order valence-corrected chi connectivity index (χ3v) is 5.38. The van der Waals surface area contributed by atoms with E-state index in [1.54, 1.807) is 36.4 Å². The van der Waals surface area contributed by atoms with Crippen molar-refractivity contribution in [2.24, 2.45) is 0 Å². The van der Waals surface area contributed by atoms with E-state index in [2.05, 4.69) is 4.98 Å². The summed E-state index contributed by atoms with van der Waals surface area (Å²) >= 11 is 0. The average molecular weight is 407 g/mol. The van der Waals surface area contributed by atoms with Gasteiger partial charge in [-0.25, -0.2) is 0 Å². The van der Waals surface area contributed by atoms with Crippen LogP contribution in [-0.4, -0.2) is 26.8 Å². The highest BCUT2D eigenvalue weighted by atomic mass is 16.3. The van der Waals surface area contributed by atoms with Crippen molar-refractivity contribution in [3.63, 3.8) is 0 Å². The zero-order valence-electron chi connectivity index (χ0n) is 16.3. The van der Waals surface area contributed by atoms with Gasteiger partial charge in [0, 0.05) is 44.1 Å². The van der Waals surface area contributed by atoms with Gasteiger partial charge in [0.1, 0.15) is 11.5 Å². The lowest BCUT2D eigenvalue weighted by atomic mass is 9.99. The quantitative estimate of drug-likeness (QED) is 0.358. The summed E-state index contributed by atoms with van der Waals surface area (Å²) in [6.45, 7) is 0. The van der Waals surface area contributed by atoms with Crippen LogP contribution in [0.25, 0.3) is 21.8 Å². The molecule has 1 heterocycles. The molecule has 150 valence electrons. The first-order chi connectivity index (χ1) is 15.0. The fourth-order valence-electron chi connectivity index (χ4n) is 3.74. The molecule has 0 aliphatic heterocycles. The standard InChI is InChI=1S/C26H17NO4/c28-19-7-1-15(2-8-19)25(30)17-5-11-23-21(13-17)22-14-18(6-12-24(22)27-23)26(31)16-3-9-20(29)10-4-16/h1-14,27-29H. The zero-order valence-corrected chi connectivity index (χ0v) is 16.3. The Morgan fingerprint density at radius 2 is 0.871 bits per heavy atom. The molecule has 5 nitrogen and oxygen atoms in total. The van der Waals surface area contributed by atoms with E-state index in [1.165, 1.54) is 24.3 Å². The van der Waals surface area contributed by atoms with Gasteiger partial charge in [-0.3, -0.25) is 9.59 Å². The summed E-state index contributed by atoms with van der Waals surface area (Å²) in [5.41, 5.74) is 3.75. The minimum atomic E-state index is -0.146. The van der Waals surface area contributed by atoms with Gasteiger partial charge in [-0.1, -0.05) is 0 Å². The van der Waals surface area contributed by atoms with E-state index < -0.39 is 0 Å². The van der Waals surface area contributed by atoms with Crippen LogP contribution in [0.4, 0.5) is 0 Å². The van der Waals surface area contributed by atoms with Crippen LogP contribution in [0.1, 0.15) is 31.8 Å². The van der Waals surface area contributed by atoms with Gasteiger partial charge in [0.2, 0.25) is 0 Å². The fourth-order valence-corrected chi connectivity index (χ4v) is 3.74. The van der Waals surface area contributed by atoms with Gasteiger partial charge in [-0.2, -0.15) is 0 Å². The molecule has 0 amide bonds. The first kappa shape index (κ1) is 18.6. The number of carbonyl (C=O) groups excluding carboxylic acids is 2. The number of phenolic OH excluding ortho intramolecular Hbond substituents is 2. The van der Waals surface area contributed by atoms with E-state index in [-0.39, 0.29) is 23.1 Å². The van der Waals surface area contributed by atoms with E-state index in [1.807, 2.05) is 24.3 Å². The van der Waals surface area contributed by atoms with Gasteiger partial charge in [0.05, 0.1) is 0 Å². The van der Waals surface area contributed by atoms with Gasteiger partial charge in [-0.15, -0.1) is 0 Å². The molecule has 4 aromatic carbocycles. The molecule has 3 N–H and O–H groups in total. The SMILES string of the molecule is O=C(c1ccc(O)cc1)c1ccc2[nH]c3ccc(C(=O)c4ccc(O)cc4)cc3c2c1. The highest BCUT2D eigenvalue weighted by Crippen LogP contribution is 2.29. The van der Waals surface area contributed by atoms with Crippen molar-refractivity contribution < 1.29 is 19.8 Å². The largest absolute Gasteiger partial charge is 0.508 e. The maximum atomic E-state index is 12.9. The molecule has 0 radical (unpaired) electrons. The number of aromatic nitrogens is 1. The number of aromatic hydroxyl groups is 2. The number of carbonyl (C=O) groups is 2. The Labute approximate surface area is 177 Å². The van der Waals surface area contributed by atoms with Gasteiger partial charge >= 0.3 is 0 Å². The fraction of sp³-hybridized carbons (Fsp3) is 0. The third kappa shape index (κ3) is 3.32. The summed E-state index contributed by atoms with van der Waals surface area (Å²) < 4.78 is 0. The summed E-state index contributed by atoms with van der Waals surface area (Å²) in [4.78, 5) is 29.1. The zero-order chi connectivity index (χ0) is 21.5. The van der Waals surface area contributed by atoms with Crippen LogP contribution < -0.4 is 0 Å². The molecule has 0 spiro atoms. The number of fused-ring (bicyclic) bond motifs is 3. The number of hydrogen-bond acceptors (Lipinski definition) is 4. The number of benzene rings is 4. The van der Waals surface area contributed by atoms with Crippen molar-refractivity contribution in [2.75, 3.05) is 0 Å². The molecule has 0 bridgehead atoms. The Hall–Kier alpha value is -4.38. The molecule has 31 heavy (non-hydrogen) atoms. The monoisotopic (exact) mass is 407 g/mol. The highest BCUT2D eigenvalue weighted by Gasteiger charge is 2.15. The molecule has 0 aliphatic carbocycles. The number of nitrogens with one attached hydrogen (secondary N) is 1. The van der Waals surface area contributed by atoms with Crippen LogP contribution in [-0.2, 0) is 0 Å². The van der Waals surface area contributed by atoms with Crippen molar-refractivity contribution in [1.82, 2.24) is 4.98 Å². The lowest BCUT2D eigenvalue weighted by Crippen LogP contribution is -2.01. The second-order valence-electron chi connectivity index (χ2n) is 7.40. The number of hydrogen-bond donors (Lipinski definition) is 3. The van der Waals surface area contributed by atoms with E-state index in [9.17, 15) is 19.8 Å². The predicted molar refractivity (Wildman–Crippen MR) is 119 cm³/mol. The normalized spacial score (nSPS) is 11.1. The third-order valence-electron chi connectivity index (χ3n) is 5.38. The number of ketones is 2. The topological polar surface area (TPSA) is 90.4 Å². The van der Waals surface area contributed by atoms with Crippen LogP contribution in [0.2, 0.25) is 0 Å². The van der Waals surface area contributed by atoms with E-state index >= 15 is 0 Å². The number of aromatic amines is 1. The Kier molecular flexibility index (Phi) is 4.30.